The first-order chi connectivity index (χ1) is 9.68. The lowest BCUT2D eigenvalue weighted by atomic mass is 10.4. The highest BCUT2D eigenvalue weighted by molar-refractivity contribution is 9.39. The quantitative estimate of drug-likeness (QED) is 0.183. The van der Waals surface area contributed by atoms with Gasteiger partial charge in [-0.3, -0.25) is 0 Å². The third kappa shape index (κ3) is 7.74. The smallest absolute Gasteiger partial charge is 0.220 e. The first-order valence-corrected chi connectivity index (χ1v) is 12.7. The van der Waals surface area contributed by atoms with E-state index in [2.05, 4.69) is 86.6 Å². The minimum Gasteiger partial charge on any atom is -0.326 e. The second kappa shape index (κ2) is 9.62. The highest BCUT2D eigenvalue weighted by Gasteiger charge is 2.29. The van der Waals surface area contributed by atoms with Gasteiger partial charge in [-0.2, -0.15) is 0 Å². The van der Waals surface area contributed by atoms with Gasteiger partial charge in [-0.25, -0.2) is 0 Å². The van der Waals surface area contributed by atoms with E-state index in [-0.39, 0.29) is 0 Å². The average Bonchev–Trinajstić information content (AvgIpc) is 2.36. The minimum atomic E-state index is -2.58. The van der Waals surface area contributed by atoms with Crippen molar-refractivity contribution in [3.63, 3.8) is 0 Å². The molecule has 1 atom stereocenters. The monoisotopic (exact) mass is 648 g/mol. The van der Waals surface area contributed by atoms with E-state index in [1.54, 1.807) is 0 Å². The zero-order chi connectivity index (χ0) is 16.1. The number of hydrogen-bond acceptors (Lipinski definition) is 3. The maximum Gasteiger partial charge on any atom is 0.220 e. The van der Waals surface area contributed by atoms with Gasteiger partial charge in [0, 0.05) is 8.95 Å². The van der Waals surface area contributed by atoms with E-state index < -0.39 is 8.63 Å². The van der Waals surface area contributed by atoms with Crippen molar-refractivity contribution in [1.82, 2.24) is 0 Å². The summed E-state index contributed by atoms with van der Waals surface area (Å²) in [5.74, 6) is 0. The van der Waals surface area contributed by atoms with Gasteiger partial charge in [-0.15, -0.1) is 0 Å². The lowest BCUT2D eigenvalue weighted by molar-refractivity contribution is 0.258. The van der Waals surface area contributed by atoms with E-state index in [4.69, 9.17) is 20.9 Å². The zero-order valence-corrected chi connectivity index (χ0v) is 20.8. The summed E-state index contributed by atoms with van der Waals surface area (Å²) in [5, 5.41) is 0.883. The Kier molecular flexibility index (Phi) is 9.72. The second-order valence-electron chi connectivity index (χ2n) is 4.17. The maximum absolute atomic E-state index is 5.97. The molecule has 0 fully saturated rings. The summed E-state index contributed by atoms with van der Waals surface area (Å²) < 4.78 is 13.3. The predicted octanol–water partition coefficient (Wildman–Crippen LogP) is 6.82. The SMILES string of the molecule is CCCCOP(=S)(OCC(Br)(Br)Br)c1ccc(Br)cc1Br. The summed E-state index contributed by atoms with van der Waals surface area (Å²) in [7, 11) is 0. The fraction of sp³-hybridized carbons (Fsp3) is 0.500. The predicted molar refractivity (Wildman–Crippen MR) is 112 cm³/mol. The molecular weight excluding hydrogens is 639 g/mol. The number of halogens is 5. The number of hydrogen-bond donors (Lipinski definition) is 0. The Bertz CT molecular complexity index is 521. The molecular formula is C12H14Br5O2PS. The first-order valence-electron chi connectivity index (χ1n) is 6.09. The highest BCUT2D eigenvalue weighted by Crippen LogP contribution is 2.51. The average molecular weight is 653 g/mol. The summed E-state index contributed by atoms with van der Waals surface area (Å²) >= 11 is 23.0. The lowest BCUT2D eigenvalue weighted by Gasteiger charge is -2.26. The number of benzene rings is 1. The van der Waals surface area contributed by atoms with Gasteiger partial charge in [0.05, 0.1) is 18.5 Å². The van der Waals surface area contributed by atoms with E-state index in [9.17, 15) is 0 Å². The highest BCUT2D eigenvalue weighted by atomic mass is 80.0. The molecule has 120 valence electrons. The van der Waals surface area contributed by atoms with E-state index in [0.717, 1.165) is 27.1 Å². The Morgan fingerprint density at radius 3 is 2.38 bits per heavy atom. The van der Waals surface area contributed by atoms with Gasteiger partial charge in [0.2, 0.25) is 6.49 Å². The van der Waals surface area contributed by atoms with Crippen LogP contribution in [0.2, 0.25) is 0 Å². The van der Waals surface area contributed by atoms with E-state index in [1.165, 1.54) is 0 Å². The van der Waals surface area contributed by atoms with Crippen molar-refractivity contribution in [2.45, 2.75) is 21.9 Å². The number of alkyl halides is 3. The molecule has 0 saturated carbocycles. The molecule has 0 heterocycles. The fourth-order valence-electron chi connectivity index (χ4n) is 1.37. The topological polar surface area (TPSA) is 18.5 Å². The van der Waals surface area contributed by atoms with Crippen LogP contribution in [0.15, 0.2) is 27.1 Å². The molecule has 9 heteroatoms. The molecule has 0 aliphatic rings. The molecule has 0 amide bonds. The Balaban J connectivity index is 3.02. The third-order valence-electron chi connectivity index (χ3n) is 2.36. The molecule has 0 spiro atoms. The zero-order valence-electron chi connectivity index (χ0n) is 11.1. The van der Waals surface area contributed by atoms with Crippen molar-refractivity contribution in [3.05, 3.63) is 27.1 Å². The van der Waals surface area contributed by atoms with Crippen LogP contribution in [0.4, 0.5) is 0 Å². The summed E-state index contributed by atoms with van der Waals surface area (Å²) in [5.41, 5.74) is 0. The molecule has 0 saturated heterocycles. The fourth-order valence-corrected chi connectivity index (χ4v) is 6.87. The van der Waals surface area contributed by atoms with Crippen molar-refractivity contribution in [2.24, 2.45) is 0 Å². The third-order valence-corrected chi connectivity index (χ3v) is 7.70. The molecule has 0 aromatic heterocycles. The van der Waals surface area contributed by atoms with Crippen molar-refractivity contribution < 1.29 is 9.05 Å². The summed E-state index contributed by atoms with van der Waals surface area (Å²) in [6.45, 7) is 0.461. The molecule has 0 radical (unpaired) electrons. The summed E-state index contributed by atoms with van der Waals surface area (Å²) in [4.78, 5) is 0. The molecule has 21 heavy (non-hydrogen) atoms. The summed E-state index contributed by atoms with van der Waals surface area (Å²) in [6, 6.07) is 5.84. The van der Waals surface area contributed by atoms with Crippen LogP contribution in [0.25, 0.3) is 0 Å². The van der Waals surface area contributed by atoms with Crippen molar-refractivity contribution in [3.8, 4) is 0 Å². The molecule has 0 N–H and O–H groups in total. The molecule has 1 unspecified atom stereocenters. The second-order valence-corrected chi connectivity index (χ2v) is 16.6. The van der Waals surface area contributed by atoms with Crippen LogP contribution in [-0.4, -0.2) is 15.4 Å². The van der Waals surface area contributed by atoms with Crippen LogP contribution in [0.3, 0.4) is 0 Å². The van der Waals surface area contributed by atoms with Gasteiger partial charge >= 0.3 is 0 Å². The van der Waals surface area contributed by atoms with Gasteiger partial charge in [-0.05, 0) is 52.4 Å². The van der Waals surface area contributed by atoms with Crippen molar-refractivity contribution >= 4 is 103 Å². The molecule has 0 aliphatic carbocycles. The molecule has 0 aliphatic heterocycles. The van der Waals surface area contributed by atoms with Gasteiger partial charge < -0.3 is 9.05 Å². The largest absolute Gasteiger partial charge is 0.326 e. The Hall–Kier alpha value is 2.19. The number of unbranched alkanes of at least 4 members (excludes halogenated alkanes) is 1. The Labute approximate surface area is 172 Å². The van der Waals surface area contributed by atoms with Crippen LogP contribution >= 0.6 is 86.1 Å². The van der Waals surface area contributed by atoms with E-state index in [0.29, 0.717) is 13.2 Å². The lowest BCUT2D eigenvalue weighted by Crippen LogP contribution is -2.17. The van der Waals surface area contributed by atoms with Crippen LogP contribution < -0.4 is 5.30 Å². The van der Waals surface area contributed by atoms with Crippen molar-refractivity contribution in [1.29, 1.82) is 0 Å². The maximum atomic E-state index is 5.97. The normalized spacial score (nSPS) is 15.0. The van der Waals surface area contributed by atoms with Gasteiger partial charge in [0.25, 0.3) is 0 Å². The van der Waals surface area contributed by atoms with E-state index >= 15 is 0 Å². The van der Waals surface area contributed by atoms with Crippen LogP contribution in [0.1, 0.15) is 19.8 Å². The number of rotatable bonds is 7. The standard InChI is InChI=1S/C12H14Br5O2PS/c1-2-3-6-18-20(21,19-8-12(15,16)17)11-5-4-9(13)7-10(11)14/h4-5,7H,2-3,6,8H2,1H3. The molecule has 2 nitrogen and oxygen atoms in total. The van der Waals surface area contributed by atoms with Crippen molar-refractivity contribution in [2.75, 3.05) is 13.2 Å². The first kappa shape index (κ1) is 21.2. The van der Waals surface area contributed by atoms with Gasteiger partial charge in [-0.1, -0.05) is 77.1 Å². The molecule has 1 aromatic carbocycles. The van der Waals surface area contributed by atoms with Gasteiger partial charge in [0.1, 0.15) is 0 Å². The van der Waals surface area contributed by atoms with Crippen LogP contribution in [-0.2, 0) is 20.9 Å². The Morgan fingerprint density at radius 1 is 1.19 bits per heavy atom. The van der Waals surface area contributed by atoms with E-state index in [1.807, 2.05) is 18.2 Å². The Morgan fingerprint density at radius 2 is 1.86 bits per heavy atom. The minimum absolute atomic E-state index is 0.332. The van der Waals surface area contributed by atoms with Crippen LogP contribution in [0.5, 0.6) is 0 Å². The van der Waals surface area contributed by atoms with Gasteiger partial charge in [0.15, 0.2) is 2.14 Å². The molecule has 0 bridgehead atoms. The molecule has 1 rings (SSSR count). The molecule has 1 aromatic rings. The summed E-state index contributed by atoms with van der Waals surface area (Å²) in [6.07, 6.45) is 2.01. The van der Waals surface area contributed by atoms with Crippen LogP contribution in [0, 0.1) is 0 Å².